The quantitative estimate of drug-likeness (QED) is 0.732. The maximum atomic E-state index is 8.63. The molecule has 1 N–H and O–H groups in total. The van der Waals surface area contributed by atoms with Gasteiger partial charge in [-0.2, -0.15) is 0 Å². The van der Waals surface area contributed by atoms with Crippen LogP contribution in [0, 0.1) is 19.3 Å². The second-order valence-corrected chi connectivity index (χ2v) is 3.00. The van der Waals surface area contributed by atoms with Crippen molar-refractivity contribution in [2.45, 2.75) is 13.0 Å². The smallest absolute Gasteiger partial charge is 0.143 e. The molecule has 0 spiro atoms. The summed E-state index contributed by atoms with van der Waals surface area (Å²) < 4.78 is 5.32. The molecule has 0 aliphatic carbocycles. The van der Waals surface area contributed by atoms with Crippen molar-refractivity contribution in [2.24, 2.45) is 0 Å². The van der Waals surface area contributed by atoms with Gasteiger partial charge in [0.25, 0.3) is 0 Å². The third kappa shape index (κ3) is 2.59. The minimum absolute atomic E-state index is 0.00986. The standard InChI is InChI=1S/C12H14O2/c1-3-12(14-9-8-13)11-7-5-4-6-10(11)2/h1,4-7,12-13H,8-9H2,2H3. The highest BCUT2D eigenvalue weighted by Gasteiger charge is 2.09. The maximum Gasteiger partial charge on any atom is 0.143 e. The Morgan fingerprint density at radius 2 is 2.21 bits per heavy atom. The molecule has 0 bridgehead atoms. The number of hydrogen-bond donors (Lipinski definition) is 1. The lowest BCUT2D eigenvalue weighted by atomic mass is 10.0. The van der Waals surface area contributed by atoms with Gasteiger partial charge in [0.05, 0.1) is 13.2 Å². The van der Waals surface area contributed by atoms with Gasteiger partial charge in [-0.25, -0.2) is 0 Å². The molecule has 0 radical (unpaired) electrons. The Morgan fingerprint density at radius 1 is 1.50 bits per heavy atom. The SMILES string of the molecule is C#CC(OCCO)c1ccccc1C. The molecule has 0 saturated heterocycles. The van der Waals surface area contributed by atoms with E-state index in [0.29, 0.717) is 0 Å². The van der Waals surface area contributed by atoms with Crippen molar-refractivity contribution in [3.63, 3.8) is 0 Å². The van der Waals surface area contributed by atoms with Gasteiger partial charge in [0.2, 0.25) is 0 Å². The van der Waals surface area contributed by atoms with E-state index in [1.165, 1.54) is 0 Å². The Kier molecular flexibility index (Phi) is 4.18. The number of rotatable bonds is 4. The number of aryl methyl sites for hydroxylation is 1. The Morgan fingerprint density at radius 3 is 2.79 bits per heavy atom. The molecule has 0 saturated carbocycles. The fraction of sp³-hybridized carbons (Fsp3) is 0.333. The van der Waals surface area contributed by atoms with Crippen LogP contribution in [-0.4, -0.2) is 18.3 Å². The molecule has 14 heavy (non-hydrogen) atoms. The van der Waals surface area contributed by atoms with Crippen molar-refractivity contribution >= 4 is 0 Å². The lowest BCUT2D eigenvalue weighted by Gasteiger charge is -2.13. The van der Waals surface area contributed by atoms with Gasteiger partial charge in [-0.15, -0.1) is 6.42 Å². The first-order valence-corrected chi connectivity index (χ1v) is 4.53. The summed E-state index contributed by atoms with van der Waals surface area (Å²) in [4.78, 5) is 0. The van der Waals surface area contributed by atoms with E-state index >= 15 is 0 Å². The number of aliphatic hydroxyl groups excluding tert-OH is 1. The number of ether oxygens (including phenoxy) is 1. The van der Waals surface area contributed by atoms with E-state index in [2.05, 4.69) is 5.92 Å². The third-order valence-corrected chi connectivity index (χ3v) is 2.00. The van der Waals surface area contributed by atoms with Crippen molar-refractivity contribution in [2.75, 3.05) is 13.2 Å². The van der Waals surface area contributed by atoms with Gasteiger partial charge in [0, 0.05) is 0 Å². The zero-order valence-electron chi connectivity index (χ0n) is 8.23. The van der Waals surface area contributed by atoms with Gasteiger partial charge in [-0.3, -0.25) is 0 Å². The minimum Gasteiger partial charge on any atom is -0.394 e. The lowest BCUT2D eigenvalue weighted by Crippen LogP contribution is -2.07. The van der Waals surface area contributed by atoms with E-state index in [9.17, 15) is 0 Å². The predicted molar refractivity (Wildman–Crippen MR) is 55.8 cm³/mol. The van der Waals surface area contributed by atoms with E-state index in [1.54, 1.807) is 0 Å². The van der Waals surface area contributed by atoms with Gasteiger partial charge in [-0.05, 0) is 18.1 Å². The van der Waals surface area contributed by atoms with Gasteiger partial charge < -0.3 is 9.84 Å². The summed E-state index contributed by atoms with van der Waals surface area (Å²) >= 11 is 0. The largest absolute Gasteiger partial charge is 0.394 e. The van der Waals surface area contributed by atoms with Crippen molar-refractivity contribution in [3.8, 4) is 12.3 Å². The summed E-state index contributed by atoms with van der Waals surface area (Å²) in [6, 6.07) is 7.81. The summed E-state index contributed by atoms with van der Waals surface area (Å²) in [5.41, 5.74) is 2.09. The molecule has 0 aliphatic heterocycles. The van der Waals surface area contributed by atoms with E-state index < -0.39 is 0 Å². The van der Waals surface area contributed by atoms with E-state index in [1.807, 2.05) is 31.2 Å². The summed E-state index contributed by atoms with van der Waals surface area (Å²) in [7, 11) is 0. The van der Waals surface area contributed by atoms with Crippen LogP contribution in [0.3, 0.4) is 0 Å². The lowest BCUT2D eigenvalue weighted by molar-refractivity contribution is 0.0590. The number of aliphatic hydroxyl groups is 1. The molecule has 0 heterocycles. The Balaban J connectivity index is 2.80. The van der Waals surface area contributed by atoms with Crippen LogP contribution in [0.25, 0.3) is 0 Å². The topological polar surface area (TPSA) is 29.5 Å². The number of benzene rings is 1. The van der Waals surface area contributed by atoms with Gasteiger partial charge in [0.1, 0.15) is 6.10 Å². The number of hydrogen-bond acceptors (Lipinski definition) is 2. The summed E-state index contributed by atoms with van der Waals surface area (Å²) in [6.45, 7) is 2.25. The molecule has 2 nitrogen and oxygen atoms in total. The fourth-order valence-corrected chi connectivity index (χ4v) is 1.28. The molecule has 2 heteroatoms. The van der Waals surface area contributed by atoms with Gasteiger partial charge in [0.15, 0.2) is 0 Å². The highest BCUT2D eigenvalue weighted by atomic mass is 16.5. The zero-order valence-corrected chi connectivity index (χ0v) is 8.23. The molecule has 1 atom stereocenters. The molecule has 0 aliphatic rings. The summed E-state index contributed by atoms with van der Waals surface area (Å²) in [5, 5.41) is 8.63. The molecule has 1 aromatic rings. The van der Waals surface area contributed by atoms with E-state index in [4.69, 9.17) is 16.3 Å². The Bertz CT molecular complexity index is 325. The van der Waals surface area contributed by atoms with Crippen molar-refractivity contribution < 1.29 is 9.84 Å². The van der Waals surface area contributed by atoms with Crippen molar-refractivity contribution in [1.82, 2.24) is 0 Å². The fourth-order valence-electron chi connectivity index (χ4n) is 1.28. The van der Waals surface area contributed by atoms with Crippen molar-refractivity contribution in [1.29, 1.82) is 0 Å². The van der Waals surface area contributed by atoms with Crippen LogP contribution in [0.4, 0.5) is 0 Å². The molecular weight excluding hydrogens is 176 g/mol. The first kappa shape index (κ1) is 10.8. The minimum atomic E-state index is -0.358. The predicted octanol–water partition coefficient (Wildman–Crippen LogP) is 1.68. The van der Waals surface area contributed by atoms with Gasteiger partial charge in [-0.1, -0.05) is 30.2 Å². The summed E-state index contributed by atoms with van der Waals surface area (Å²) in [6.07, 6.45) is 5.00. The normalized spacial score (nSPS) is 12.1. The zero-order chi connectivity index (χ0) is 10.4. The first-order valence-electron chi connectivity index (χ1n) is 4.53. The van der Waals surface area contributed by atoms with Crippen LogP contribution < -0.4 is 0 Å². The van der Waals surface area contributed by atoms with Crippen LogP contribution in [0.2, 0.25) is 0 Å². The third-order valence-electron chi connectivity index (χ3n) is 2.00. The van der Waals surface area contributed by atoms with Crippen LogP contribution in [-0.2, 0) is 4.74 Å². The average Bonchev–Trinajstić information content (AvgIpc) is 2.21. The molecule has 0 fully saturated rings. The first-order chi connectivity index (χ1) is 6.79. The highest BCUT2D eigenvalue weighted by Crippen LogP contribution is 2.19. The molecule has 1 aromatic carbocycles. The van der Waals surface area contributed by atoms with Crippen LogP contribution in [0.15, 0.2) is 24.3 Å². The average molecular weight is 190 g/mol. The number of terminal acetylenes is 1. The van der Waals surface area contributed by atoms with Crippen molar-refractivity contribution in [3.05, 3.63) is 35.4 Å². The van der Waals surface area contributed by atoms with E-state index in [-0.39, 0.29) is 19.3 Å². The molecule has 0 amide bonds. The van der Waals surface area contributed by atoms with Crippen LogP contribution in [0.5, 0.6) is 0 Å². The second kappa shape index (κ2) is 5.43. The summed E-state index contributed by atoms with van der Waals surface area (Å²) in [5.74, 6) is 2.56. The van der Waals surface area contributed by atoms with Crippen LogP contribution >= 0.6 is 0 Å². The monoisotopic (exact) mass is 190 g/mol. The Hall–Kier alpha value is -1.30. The molecule has 0 aromatic heterocycles. The second-order valence-electron chi connectivity index (χ2n) is 3.00. The Labute approximate surface area is 84.5 Å². The van der Waals surface area contributed by atoms with Crippen LogP contribution in [0.1, 0.15) is 17.2 Å². The maximum absolute atomic E-state index is 8.63. The highest BCUT2D eigenvalue weighted by molar-refractivity contribution is 5.31. The molecule has 74 valence electrons. The van der Waals surface area contributed by atoms with E-state index in [0.717, 1.165) is 11.1 Å². The van der Waals surface area contributed by atoms with Gasteiger partial charge >= 0.3 is 0 Å². The molecule has 1 rings (SSSR count). The molecular formula is C12H14O2. The molecule has 1 unspecified atom stereocenters.